The Labute approximate surface area is 123 Å². The molecule has 0 spiro atoms. The lowest BCUT2D eigenvalue weighted by atomic mass is 9.95. The van der Waals surface area contributed by atoms with Crippen molar-refractivity contribution in [3.8, 4) is 0 Å². The molecule has 1 aliphatic heterocycles. The fourth-order valence-corrected chi connectivity index (χ4v) is 2.84. The van der Waals surface area contributed by atoms with E-state index in [1.54, 1.807) is 0 Å². The van der Waals surface area contributed by atoms with Gasteiger partial charge in [-0.25, -0.2) is 0 Å². The number of rotatable bonds is 4. The molecule has 0 saturated carbocycles. The van der Waals surface area contributed by atoms with E-state index in [4.69, 9.17) is 4.74 Å². The van der Waals surface area contributed by atoms with E-state index in [2.05, 4.69) is 63.3 Å². The quantitative estimate of drug-likeness (QED) is 0.908. The van der Waals surface area contributed by atoms with Crippen molar-refractivity contribution in [2.24, 2.45) is 5.92 Å². The molecule has 1 heterocycles. The Morgan fingerprint density at radius 3 is 2.70 bits per heavy atom. The fourth-order valence-electron chi connectivity index (χ4n) is 2.84. The van der Waals surface area contributed by atoms with Gasteiger partial charge in [0.1, 0.15) is 0 Å². The Balaban J connectivity index is 2.04. The molecule has 0 bridgehead atoms. The first kappa shape index (κ1) is 15.2. The zero-order chi connectivity index (χ0) is 14.7. The first-order valence-electron chi connectivity index (χ1n) is 7.63. The van der Waals surface area contributed by atoms with Crippen LogP contribution < -0.4 is 10.2 Å². The summed E-state index contributed by atoms with van der Waals surface area (Å²) >= 11 is 0. The topological polar surface area (TPSA) is 24.5 Å². The summed E-state index contributed by atoms with van der Waals surface area (Å²) in [5, 5.41) is 3.68. The maximum atomic E-state index is 5.84. The Morgan fingerprint density at radius 2 is 2.05 bits per heavy atom. The molecule has 1 fully saturated rings. The maximum absolute atomic E-state index is 5.84. The van der Waals surface area contributed by atoms with E-state index in [1.807, 2.05) is 0 Å². The van der Waals surface area contributed by atoms with Crippen molar-refractivity contribution in [2.45, 2.75) is 45.8 Å². The molecule has 0 amide bonds. The average Bonchev–Trinajstić information content (AvgIpc) is 2.41. The van der Waals surface area contributed by atoms with Gasteiger partial charge in [-0.1, -0.05) is 19.9 Å². The fraction of sp³-hybridized carbons (Fsp3) is 0.647. The molecule has 2 atom stereocenters. The number of ether oxygens (including phenoxy) is 1. The van der Waals surface area contributed by atoms with Gasteiger partial charge in [0.05, 0.1) is 6.10 Å². The van der Waals surface area contributed by atoms with Crippen molar-refractivity contribution in [1.29, 1.82) is 0 Å². The predicted octanol–water partition coefficient (Wildman–Crippen LogP) is 3.68. The Morgan fingerprint density at radius 1 is 1.30 bits per heavy atom. The van der Waals surface area contributed by atoms with Crippen molar-refractivity contribution < 1.29 is 4.74 Å². The summed E-state index contributed by atoms with van der Waals surface area (Å²) in [7, 11) is 4.19. The minimum atomic E-state index is 0.389. The molecular formula is C17H28N2O. The second-order valence-corrected chi connectivity index (χ2v) is 6.41. The molecule has 1 aromatic rings. The summed E-state index contributed by atoms with van der Waals surface area (Å²) in [4.78, 5) is 2.17. The average molecular weight is 276 g/mol. The third-order valence-electron chi connectivity index (χ3n) is 4.12. The maximum Gasteiger partial charge on any atom is 0.0617 e. The van der Waals surface area contributed by atoms with Crippen LogP contribution in [0.15, 0.2) is 18.2 Å². The molecule has 2 rings (SSSR count). The summed E-state index contributed by atoms with van der Waals surface area (Å²) in [6.45, 7) is 7.50. The van der Waals surface area contributed by atoms with Crippen molar-refractivity contribution in [3.05, 3.63) is 23.8 Å². The Kier molecular flexibility index (Phi) is 4.92. The molecule has 2 unspecified atom stereocenters. The Hall–Kier alpha value is -1.22. The molecule has 1 aliphatic rings. The van der Waals surface area contributed by atoms with Crippen LogP contribution in [0.25, 0.3) is 0 Å². The molecule has 1 saturated heterocycles. The molecule has 0 radical (unpaired) electrons. The van der Waals surface area contributed by atoms with Crippen molar-refractivity contribution in [2.75, 3.05) is 30.9 Å². The number of benzene rings is 1. The minimum absolute atomic E-state index is 0.389. The number of hydrogen-bond donors (Lipinski definition) is 1. The van der Waals surface area contributed by atoms with E-state index in [0.717, 1.165) is 19.4 Å². The van der Waals surface area contributed by atoms with Gasteiger partial charge in [-0.2, -0.15) is 0 Å². The van der Waals surface area contributed by atoms with Crippen molar-refractivity contribution >= 4 is 11.4 Å². The summed E-state index contributed by atoms with van der Waals surface area (Å²) in [6.07, 6.45) is 2.58. The molecule has 3 nitrogen and oxygen atoms in total. The van der Waals surface area contributed by atoms with Gasteiger partial charge >= 0.3 is 0 Å². The van der Waals surface area contributed by atoms with E-state index in [0.29, 0.717) is 18.1 Å². The van der Waals surface area contributed by atoms with Gasteiger partial charge in [0.15, 0.2) is 0 Å². The van der Waals surface area contributed by atoms with Crippen LogP contribution in [-0.2, 0) is 4.74 Å². The van der Waals surface area contributed by atoms with Gasteiger partial charge in [-0.05, 0) is 43.4 Å². The number of nitrogens with zero attached hydrogens (tertiary/aromatic N) is 1. The summed E-state index contributed by atoms with van der Waals surface area (Å²) in [5.74, 6) is 0.593. The van der Waals surface area contributed by atoms with Gasteiger partial charge in [0.25, 0.3) is 0 Å². The molecule has 20 heavy (non-hydrogen) atoms. The lowest BCUT2D eigenvalue weighted by Crippen LogP contribution is -2.36. The van der Waals surface area contributed by atoms with Crippen LogP contribution in [0, 0.1) is 12.8 Å². The van der Waals surface area contributed by atoms with Crippen molar-refractivity contribution in [1.82, 2.24) is 0 Å². The molecule has 0 aromatic heterocycles. The highest BCUT2D eigenvalue weighted by Gasteiger charge is 2.24. The largest absolute Gasteiger partial charge is 0.382 e. The second-order valence-electron chi connectivity index (χ2n) is 6.41. The molecule has 112 valence electrons. The molecule has 1 aromatic carbocycles. The minimum Gasteiger partial charge on any atom is -0.382 e. The van der Waals surface area contributed by atoms with Gasteiger partial charge in [-0.3, -0.25) is 0 Å². The van der Waals surface area contributed by atoms with E-state index >= 15 is 0 Å². The predicted molar refractivity (Wildman–Crippen MR) is 86.7 cm³/mol. The van der Waals surface area contributed by atoms with Crippen LogP contribution in [-0.4, -0.2) is 32.8 Å². The molecule has 3 heteroatoms. The van der Waals surface area contributed by atoms with Gasteiger partial charge < -0.3 is 15.0 Å². The smallest absolute Gasteiger partial charge is 0.0617 e. The van der Waals surface area contributed by atoms with Gasteiger partial charge in [0, 0.05) is 38.1 Å². The molecule has 1 N–H and O–H groups in total. The number of aryl methyl sites for hydroxylation is 1. The Bertz CT molecular complexity index is 443. The lowest BCUT2D eigenvalue weighted by molar-refractivity contribution is -0.0160. The van der Waals surface area contributed by atoms with E-state index in [1.165, 1.54) is 16.9 Å². The van der Waals surface area contributed by atoms with E-state index in [-0.39, 0.29) is 0 Å². The SMILES string of the molecule is Cc1ccc(NC2CCOC(C(C)C)C2)cc1N(C)C. The van der Waals surface area contributed by atoms with Crippen molar-refractivity contribution in [3.63, 3.8) is 0 Å². The molecule has 0 aliphatic carbocycles. The third-order valence-corrected chi connectivity index (χ3v) is 4.12. The van der Waals surface area contributed by atoms with Crippen LogP contribution in [0.2, 0.25) is 0 Å². The summed E-state index contributed by atoms with van der Waals surface area (Å²) in [5.41, 5.74) is 3.81. The zero-order valence-electron chi connectivity index (χ0n) is 13.4. The van der Waals surface area contributed by atoms with Crippen LogP contribution >= 0.6 is 0 Å². The normalized spacial score (nSPS) is 22.9. The molecular weight excluding hydrogens is 248 g/mol. The second kappa shape index (κ2) is 6.49. The van der Waals surface area contributed by atoms with Crippen LogP contribution in [0.3, 0.4) is 0 Å². The highest BCUT2D eigenvalue weighted by Crippen LogP contribution is 2.26. The van der Waals surface area contributed by atoms with Crippen LogP contribution in [0.5, 0.6) is 0 Å². The van der Waals surface area contributed by atoms with Crippen LogP contribution in [0.4, 0.5) is 11.4 Å². The highest BCUT2D eigenvalue weighted by atomic mass is 16.5. The van der Waals surface area contributed by atoms with Crippen LogP contribution in [0.1, 0.15) is 32.3 Å². The van der Waals surface area contributed by atoms with Gasteiger partial charge in [-0.15, -0.1) is 0 Å². The third kappa shape index (κ3) is 3.66. The first-order valence-corrected chi connectivity index (χ1v) is 7.63. The number of nitrogens with one attached hydrogen (secondary N) is 1. The summed E-state index contributed by atoms with van der Waals surface area (Å²) in [6, 6.07) is 7.14. The lowest BCUT2D eigenvalue weighted by Gasteiger charge is -2.33. The monoisotopic (exact) mass is 276 g/mol. The van der Waals surface area contributed by atoms with E-state index in [9.17, 15) is 0 Å². The first-order chi connectivity index (χ1) is 9.47. The van der Waals surface area contributed by atoms with E-state index < -0.39 is 0 Å². The number of anilines is 2. The standard InChI is InChI=1S/C17H28N2O/c1-12(2)17-11-15(8-9-20-17)18-14-7-6-13(3)16(10-14)19(4)5/h6-7,10,12,15,17-18H,8-9,11H2,1-5H3. The highest BCUT2D eigenvalue weighted by molar-refractivity contribution is 5.62. The number of hydrogen-bond acceptors (Lipinski definition) is 3. The summed E-state index contributed by atoms with van der Waals surface area (Å²) < 4.78 is 5.84. The van der Waals surface area contributed by atoms with Gasteiger partial charge in [0.2, 0.25) is 0 Å². The zero-order valence-corrected chi connectivity index (χ0v) is 13.4.